The van der Waals surface area contributed by atoms with Crippen LogP contribution in [0.4, 0.5) is 16.2 Å². The number of hydrogen-bond acceptors (Lipinski definition) is 4. The minimum absolute atomic E-state index is 0.0302. The van der Waals surface area contributed by atoms with Crippen molar-refractivity contribution in [1.29, 1.82) is 0 Å². The predicted molar refractivity (Wildman–Crippen MR) is 98.2 cm³/mol. The van der Waals surface area contributed by atoms with E-state index in [1.165, 1.54) is 6.26 Å². The molecule has 1 saturated carbocycles. The fraction of sp³-hybridized carbons (Fsp3) is 0.316. The third kappa shape index (κ3) is 4.66. The van der Waals surface area contributed by atoms with Gasteiger partial charge >= 0.3 is 12.0 Å². The fourth-order valence-electron chi connectivity index (χ4n) is 2.98. The van der Waals surface area contributed by atoms with E-state index in [2.05, 4.69) is 16.0 Å². The standard InChI is InChI=1S/C19H21N3O5/c23-16(11-19(17(24)25)8-2-9-19)21-13-4-6-14(7-5-13)22-18(26)20-12-15-3-1-10-27-15/h1,3-7,10H,2,8-9,11-12H2,(H,21,23)(H,24,25)(H2,20,22,26). The first-order valence-corrected chi connectivity index (χ1v) is 8.67. The highest BCUT2D eigenvalue weighted by molar-refractivity contribution is 5.95. The lowest BCUT2D eigenvalue weighted by molar-refractivity contribution is -0.157. The van der Waals surface area contributed by atoms with Crippen LogP contribution >= 0.6 is 0 Å². The van der Waals surface area contributed by atoms with E-state index in [0.717, 1.165) is 6.42 Å². The quantitative estimate of drug-likeness (QED) is 0.596. The Hall–Kier alpha value is -3.29. The Balaban J connectivity index is 1.47. The summed E-state index contributed by atoms with van der Waals surface area (Å²) in [6.07, 6.45) is 3.40. The molecule has 0 unspecified atom stereocenters. The molecule has 0 radical (unpaired) electrons. The first-order chi connectivity index (χ1) is 13.0. The third-order valence-electron chi connectivity index (χ3n) is 4.69. The number of rotatable bonds is 7. The lowest BCUT2D eigenvalue weighted by Crippen LogP contribution is -2.41. The topological polar surface area (TPSA) is 121 Å². The molecular formula is C19H21N3O5. The number of furan rings is 1. The van der Waals surface area contributed by atoms with Crippen molar-refractivity contribution in [3.8, 4) is 0 Å². The van der Waals surface area contributed by atoms with Gasteiger partial charge in [0.2, 0.25) is 5.91 Å². The summed E-state index contributed by atoms with van der Waals surface area (Å²) < 4.78 is 5.13. The van der Waals surface area contributed by atoms with Crippen molar-refractivity contribution in [3.05, 3.63) is 48.4 Å². The molecule has 0 bridgehead atoms. The van der Waals surface area contributed by atoms with Crippen LogP contribution in [-0.2, 0) is 16.1 Å². The number of hydrogen-bond donors (Lipinski definition) is 4. The second-order valence-electron chi connectivity index (χ2n) is 6.63. The van der Waals surface area contributed by atoms with Crippen LogP contribution in [-0.4, -0.2) is 23.0 Å². The minimum Gasteiger partial charge on any atom is -0.481 e. The van der Waals surface area contributed by atoms with E-state index in [1.54, 1.807) is 36.4 Å². The van der Waals surface area contributed by atoms with Gasteiger partial charge in [0.05, 0.1) is 18.2 Å². The van der Waals surface area contributed by atoms with Crippen LogP contribution in [0.25, 0.3) is 0 Å². The molecule has 3 rings (SSSR count). The maximum Gasteiger partial charge on any atom is 0.319 e. The van der Waals surface area contributed by atoms with Crippen LogP contribution < -0.4 is 16.0 Å². The molecule has 4 N–H and O–H groups in total. The molecule has 8 heteroatoms. The minimum atomic E-state index is -0.919. The van der Waals surface area contributed by atoms with Crippen LogP contribution in [0.3, 0.4) is 0 Å². The Morgan fingerprint density at radius 3 is 2.22 bits per heavy atom. The lowest BCUT2D eigenvalue weighted by Gasteiger charge is -2.36. The molecule has 0 atom stereocenters. The number of carbonyl (C=O) groups is 3. The van der Waals surface area contributed by atoms with Crippen LogP contribution in [0.2, 0.25) is 0 Å². The molecule has 1 heterocycles. The van der Waals surface area contributed by atoms with Gasteiger partial charge in [-0.15, -0.1) is 0 Å². The van der Waals surface area contributed by atoms with Crippen molar-refractivity contribution in [2.45, 2.75) is 32.2 Å². The highest BCUT2D eigenvalue weighted by Gasteiger charge is 2.45. The van der Waals surface area contributed by atoms with Gasteiger partial charge in [0.1, 0.15) is 5.76 Å². The average Bonchev–Trinajstić information content (AvgIpc) is 3.11. The summed E-state index contributed by atoms with van der Waals surface area (Å²) >= 11 is 0. The number of anilines is 2. The molecule has 8 nitrogen and oxygen atoms in total. The van der Waals surface area contributed by atoms with Gasteiger partial charge < -0.3 is 25.5 Å². The second-order valence-corrected chi connectivity index (χ2v) is 6.63. The molecule has 142 valence electrons. The van der Waals surface area contributed by atoms with Crippen molar-refractivity contribution >= 4 is 29.3 Å². The zero-order chi connectivity index (χ0) is 19.3. The summed E-state index contributed by atoms with van der Waals surface area (Å²) in [6.45, 7) is 0.276. The van der Waals surface area contributed by atoms with Gasteiger partial charge in [-0.2, -0.15) is 0 Å². The summed E-state index contributed by atoms with van der Waals surface area (Å²) in [5.74, 6) is -0.591. The molecule has 3 amide bonds. The van der Waals surface area contributed by atoms with Crippen molar-refractivity contribution in [2.24, 2.45) is 5.41 Å². The Labute approximate surface area is 155 Å². The number of carboxylic acids is 1. The Morgan fingerprint density at radius 2 is 1.70 bits per heavy atom. The second kappa shape index (κ2) is 7.94. The van der Waals surface area contributed by atoms with Gasteiger partial charge in [0, 0.05) is 17.8 Å². The van der Waals surface area contributed by atoms with Gasteiger partial charge in [0.15, 0.2) is 0 Å². The first kappa shape index (κ1) is 18.5. The predicted octanol–water partition coefficient (Wildman–Crippen LogP) is 3.18. The third-order valence-corrected chi connectivity index (χ3v) is 4.69. The van der Waals surface area contributed by atoms with E-state index in [0.29, 0.717) is 30.0 Å². The Morgan fingerprint density at radius 1 is 1.04 bits per heavy atom. The summed E-state index contributed by atoms with van der Waals surface area (Å²) in [7, 11) is 0. The summed E-state index contributed by atoms with van der Waals surface area (Å²) in [4.78, 5) is 35.3. The molecule has 27 heavy (non-hydrogen) atoms. The maximum atomic E-state index is 12.1. The van der Waals surface area contributed by atoms with E-state index >= 15 is 0 Å². The molecule has 0 saturated heterocycles. The number of carboxylic acid groups (broad SMARTS) is 1. The van der Waals surface area contributed by atoms with Gasteiger partial charge in [-0.3, -0.25) is 9.59 Å². The Kier molecular flexibility index (Phi) is 5.44. The summed E-state index contributed by atoms with van der Waals surface area (Å²) in [5.41, 5.74) is 0.185. The number of amides is 3. The lowest BCUT2D eigenvalue weighted by atomic mass is 9.66. The highest BCUT2D eigenvalue weighted by atomic mass is 16.4. The molecular weight excluding hydrogens is 350 g/mol. The smallest absolute Gasteiger partial charge is 0.319 e. The number of nitrogens with one attached hydrogen (secondary N) is 3. The summed E-state index contributed by atoms with van der Waals surface area (Å²) in [5, 5.41) is 17.3. The van der Waals surface area contributed by atoms with Gasteiger partial charge in [-0.1, -0.05) is 6.42 Å². The maximum absolute atomic E-state index is 12.1. The van der Waals surface area contributed by atoms with Crippen LogP contribution in [0.15, 0.2) is 47.1 Å². The normalized spacial score (nSPS) is 14.7. The molecule has 0 spiro atoms. The zero-order valence-electron chi connectivity index (χ0n) is 14.7. The van der Waals surface area contributed by atoms with Crippen molar-refractivity contribution in [2.75, 3.05) is 10.6 Å². The molecule has 1 fully saturated rings. The summed E-state index contributed by atoms with van der Waals surface area (Å²) in [6, 6.07) is 9.72. The SMILES string of the molecule is O=C(CC1(C(=O)O)CCC1)Nc1ccc(NC(=O)NCc2ccco2)cc1. The van der Waals surface area contributed by atoms with Crippen LogP contribution in [0, 0.1) is 5.41 Å². The van der Waals surface area contributed by atoms with Crippen LogP contribution in [0.5, 0.6) is 0 Å². The van der Waals surface area contributed by atoms with E-state index in [-0.39, 0.29) is 24.9 Å². The molecule has 0 aliphatic heterocycles. The largest absolute Gasteiger partial charge is 0.481 e. The first-order valence-electron chi connectivity index (χ1n) is 8.67. The van der Waals surface area contributed by atoms with Crippen molar-refractivity contribution in [1.82, 2.24) is 5.32 Å². The van der Waals surface area contributed by atoms with E-state index in [1.807, 2.05) is 0 Å². The average molecular weight is 371 g/mol. The van der Waals surface area contributed by atoms with Gasteiger partial charge in [-0.05, 0) is 49.2 Å². The van der Waals surface area contributed by atoms with E-state index in [9.17, 15) is 19.5 Å². The zero-order valence-corrected chi connectivity index (χ0v) is 14.7. The number of carbonyl (C=O) groups excluding carboxylic acids is 2. The van der Waals surface area contributed by atoms with Crippen molar-refractivity contribution < 1.29 is 23.9 Å². The molecule has 1 aromatic carbocycles. The van der Waals surface area contributed by atoms with Gasteiger partial charge in [0.25, 0.3) is 0 Å². The van der Waals surface area contributed by atoms with E-state index < -0.39 is 11.4 Å². The monoisotopic (exact) mass is 371 g/mol. The molecule has 1 aromatic heterocycles. The van der Waals surface area contributed by atoms with Gasteiger partial charge in [-0.25, -0.2) is 4.79 Å². The number of aliphatic carboxylic acids is 1. The van der Waals surface area contributed by atoms with Crippen LogP contribution in [0.1, 0.15) is 31.4 Å². The number of urea groups is 1. The highest BCUT2D eigenvalue weighted by Crippen LogP contribution is 2.44. The molecule has 2 aromatic rings. The molecule has 1 aliphatic carbocycles. The number of benzene rings is 1. The molecule has 1 aliphatic rings. The van der Waals surface area contributed by atoms with E-state index in [4.69, 9.17) is 4.42 Å². The van der Waals surface area contributed by atoms with Crippen molar-refractivity contribution in [3.63, 3.8) is 0 Å². The fourth-order valence-corrected chi connectivity index (χ4v) is 2.98. The Bertz CT molecular complexity index is 810.